The van der Waals surface area contributed by atoms with Crippen molar-refractivity contribution in [2.75, 3.05) is 0 Å². The van der Waals surface area contributed by atoms with E-state index >= 15 is 0 Å². The molecule has 0 saturated carbocycles. The number of hydrogen-bond acceptors (Lipinski definition) is 1. The van der Waals surface area contributed by atoms with Crippen LogP contribution in [-0.4, -0.2) is 5.78 Å². The average Bonchev–Trinajstić information content (AvgIpc) is 2.12. The molecule has 1 aromatic rings. The first-order chi connectivity index (χ1) is 6.63. The lowest BCUT2D eigenvalue weighted by Gasteiger charge is -2.02. The highest BCUT2D eigenvalue weighted by Crippen LogP contribution is 2.16. The van der Waals surface area contributed by atoms with Gasteiger partial charge in [-0.3, -0.25) is 4.79 Å². The fourth-order valence-electron chi connectivity index (χ4n) is 1.26. The van der Waals surface area contributed by atoms with E-state index in [1.165, 1.54) is 18.2 Å². The van der Waals surface area contributed by atoms with Crippen molar-refractivity contribution in [2.24, 2.45) is 0 Å². The molecule has 0 spiro atoms. The largest absolute Gasteiger partial charge is 0.299 e. The molecular weight excluding hydrogens is 203 g/mol. The van der Waals surface area contributed by atoms with Gasteiger partial charge in [-0.25, -0.2) is 4.39 Å². The highest BCUT2D eigenvalue weighted by Gasteiger charge is 2.07. The molecule has 3 heteroatoms. The first kappa shape index (κ1) is 11.2. The number of rotatable bonds is 4. The van der Waals surface area contributed by atoms with Gasteiger partial charge in [0.25, 0.3) is 0 Å². The summed E-state index contributed by atoms with van der Waals surface area (Å²) < 4.78 is 13.2. The summed E-state index contributed by atoms with van der Waals surface area (Å²) in [7, 11) is 0. The van der Waals surface area contributed by atoms with Crippen molar-refractivity contribution in [3.8, 4) is 0 Å². The summed E-state index contributed by atoms with van der Waals surface area (Å²) in [5.41, 5.74) is 0.385. The van der Waals surface area contributed by atoms with Crippen LogP contribution in [0.2, 0.25) is 5.02 Å². The molecule has 0 unspecified atom stereocenters. The van der Waals surface area contributed by atoms with Crippen LogP contribution in [0.25, 0.3) is 0 Å². The third kappa shape index (κ3) is 3.11. The van der Waals surface area contributed by atoms with E-state index in [1.54, 1.807) is 0 Å². The molecule has 1 rings (SSSR count). The lowest BCUT2D eigenvalue weighted by atomic mass is 10.1. The zero-order valence-corrected chi connectivity index (χ0v) is 8.77. The summed E-state index contributed by atoms with van der Waals surface area (Å²) in [4.78, 5) is 11.3. The van der Waals surface area contributed by atoms with E-state index in [2.05, 4.69) is 0 Å². The second kappa shape index (κ2) is 5.11. The predicted octanol–water partition coefficient (Wildman–Crippen LogP) is 3.39. The lowest BCUT2D eigenvalue weighted by molar-refractivity contribution is -0.118. The molecule has 0 amide bonds. The van der Waals surface area contributed by atoms with Gasteiger partial charge in [-0.15, -0.1) is 0 Å². The average molecular weight is 215 g/mol. The monoisotopic (exact) mass is 214 g/mol. The summed E-state index contributed by atoms with van der Waals surface area (Å²) in [5, 5.41) is 0.464. The van der Waals surface area contributed by atoms with Gasteiger partial charge in [-0.05, 0) is 30.2 Å². The molecule has 0 atom stereocenters. The molecule has 0 bridgehead atoms. The summed E-state index contributed by atoms with van der Waals surface area (Å²) in [6, 6.07) is 4.27. The summed E-state index contributed by atoms with van der Waals surface area (Å²) >= 11 is 5.70. The Bertz CT molecular complexity index is 336. The molecule has 1 aromatic carbocycles. The maximum atomic E-state index is 13.2. The summed E-state index contributed by atoms with van der Waals surface area (Å²) in [6.45, 7) is 1.92. The Hall–Kier alpha value is -0.890. The first-order valence-electron chi connectivity index (χ1n) is 4.59. The molecule has 14 heavy (non-hydrogen) atoms. The van der Waals surface area contributed by atoms with E-state index in [-0.39, 0.29) is 18.0 Å². The fraction of sp³-hybridized carbons (Fsp3) is 0.364. The van der Waals surface area contributed by atoms with Crippen LogP contribution in [0.3, 0.4) is 0 Å². The van der Waals surface area contributed by atoms with Crippen molar-refractivity contribution in [3.63, 3.8) is 0 Å². The minimum absolute atomic E-state index is 0.0497. The second-order valence-corrected chi connectivity index (χ2v) is 3.64. The molecule has 0 heterocycles. The van der Waals surface area contributed by atoms with Crippen LogP contribution < -0.4 is 0 Å². The van der Waals surface area contributed by atoms with Gasteiger partial charge in [-0.1, -0.05) is 18.5 Å². The molecule has 0 aliphatic heterocycles. The van der Waals surface area contributed by atoms with Crippen molar-refractivity contribution in [3.05, 3.63) is 34.6 Å². The second-order valence-electron chi connectivity index (χ2n) is 3.20. The van der Waals surface area contributed by atoms with Crippen molar-refractivity contribution < 1.29 is 9.18 Å². The van der Waals surface area contributed by atoms with E-state index in [0.717, 1.165) is 6.42 Å². The maximum absolute atomic E-state index is 13.2. The number of Topliss-reactive ketones (excluding diaryl/α,β-unsaturated/α-hetero) is 1. The van der Waals surface area contributed by atoms with E-state index in [1.807, 2.05) is 6.92 Å². The minimum Gasteiger partial charge on any atom is -0.299 e. The number of benzene rings is 1. The van der Waals surface area contributed by atoms with Gasteiger partial charge in [0.05, 0.1) is 0 Å². The first-order valence-corrected chi connectivity index (χ1v) is 4.97. The molecule has 0 aromatic heterocycles. The summed E-state index contributed by atoms with van der Waals surface area (Å²) in [5.74, 6) is -0.312. The third-order valence-electron chi connectivity index (χ3n) is 1.92. The van der Waals surface area contributed by atoms with Gasteiger partial charge in [-0.2, -0.15) is 0 Å². The zero-order valence-electron chi connectivity index (χ0n) is 8.02. The Labute approximate surface area is 87.9 Å². The molecule has 0 fully saturated rings. The molecular formula is C11H12ClFO. The van der Waals surface area contributed by atoms with Crippen molar-refractivity contribution in [1.29, 1.82) is 0 Å². The van der Waals surface area contributed by atoms with Gasteiger partial charge in [0.1, 0.15) is 11.6 Å². The third-order valence-corrected chi connectivity index (χ3v) is 2.16. The van der Waals surface area contributed by atoms with E-state index in [4.69, 9.17) is 11.6 Å². The Morgan fingerprint density at radius 1 is 1.50 bits per heavy atom. The molecule has 0 aliphatic rings. The maximum Gasteiger partial charge on any atom is 0.137 e. The number of hydrogen-bond donors (Lipinski definition) is 0. The highest BCUT2D eigenvalue weighted by molar-refractivity contribution is 6.30. The normalized spacial score (nSPS) is 10.2. The summed E-state index contributed by atoms with van der Waals surface area (Å²) in [6.07, 6.45) is 1.42. The van der Waals surface area contributed by atoms with E-state index < -0.39 is 0 Å². The van der Waals surface area contributed by atoms with Crippen LogP contribution in [0.5, 0.6) is 0 Å². The Morgan fingerprint density at radius 3 is 2.86 bits per heavy atom. The quantitative estimate of drug-likeness (QED) is 0.751. The van der Waals surface area contributed by atoms with Crippen LogP contribution in [0.4, 0.5) is 4.39 Å². The number of ketones is 1. The predicted molar refractivity (Wildman–Crippen MR) is 55.0 cm³/mol. The van der Waals surface area contributed by atoms with Crippen LogP contribution in [0.1, 0.15) is 25.3 Å². The van der Waals surface area contributed by atoms with Crippen LogP contribution in [-0.2, 0) is 11.2 Å². The number of carbonyl (C=O) groups excluding carboxylic acids is 1. The van der Waals surface area contributed by atoms with E-state index in [0.29, 0.717) is 17.0 Å². The fourth-order valence-corrected chi connectivity index (χ4v) is 1.45. The van der Waals surface area contributed by atoms with Crippen LogP contribution >= 0.6 is 11.6 Å². The topological polar surface area (TPSA) is 17.1 Å². The Kier molecular flexibility index (Phi) is 4.08. The molecule has 0 N–H and O–H groups in total. The van der Waals surface area contributed by atoms with Gasteiger partial charge in [0.15, 0.2) is 0 Å². The SMILES string of the molecule is CCCC(=O)Cc1cc(Cl)ccc1F. The Morgan fingerprint density at radius 2 is 2.21 bits per heavy atom. The van der Waals surface area contributed by atoms with Crippen molar-refractivity contribution >= 4 is 17.4 Å². The van der Waals surface area contributed by atoms with Gasteiger partial charge < -0.3 is 0 Å². The molecule has 0 aliphatic carbocycles. The van der Waals surface area contributed by atoms with Gasteiger partial charge in [0, 0.05) is 17.9 Å². The number of carbonyl (C=O) groups is 1. The van der Waals surface area contributed by atoms with Gasteiger partial charge >= 0.3 is 0 Å². The number of halogens is 2. The smallest absolute Gasteiger partial charge is 0.137 e. The minimum atomic E-state index is -0.362. The lowest BCUT2D eigenvalue weighted by Crippen LogP contribution is -2.03. The van der Waals surface area contributed by atoms with Crippen molar-refractivity contribution in [2.45, 2.75) is 26.2 Å². The van der Waals surface area contributed by atoms with Crippen LogP contribution in [0, 0.1) is 5.82 Å². The van der Waals surface area contributed by atoms with Crippen molar-refractivity contribution in [1.82, 2.24) is 0 Å². The molecule has 1 nitrogen and oxygen atoms in total. The molecule has 76 valence electrons. The van der Waals surface area contributed by atoms with Crippen LogP contribution in [0.15, 0.2) is 18.2 Å². The Balaban J connectivity index is 2.75. The molecule has 0 radical (unpaired) electrons. The highest BCUT2D eigenvalue weighted by atomic mass is 35.5. The van der Waals surface area contributed by atoms with Gasteiger partial charge in [0.2, 0.25) is 0 Å². The van der Waals surface area contributed by atoms with E-state index in [9.17, 15) is 9.18 Å². The molecule has 0 saturated heterocycles. The standard InChI is InChI=1S/C11H12ClFO/c1-2-3-10(14)7-8-6-9(12)4-5-11(8)13/h4-6H,2-3,7H2,1H3. The zero-order chi connectivity index (χ0) is 10.6.